The second kappa shape index (κ2) is 7.62. The van der Waals surface area contributed by atoms with Crippen molar-refractivity contribution in [1.29, 1.82) is 0 Å². The second-order valence-corrected chi connectivity index (χ2v) is 6.49. The molecule has 0 aromatic rings. The van der Waals surface area contributed by atoms with Crippen LogP contribution in [0.1, 0.15) is 32.1 Å². The average molecular weight is 258 g/mol. The Bertz CT molecular complexity index is 202. The topological polar surface area (TPSA) is 35.5 Å². The van der Waals surface area contributed by atoms with E-state index < -0.39 is 0 Å². The lowest BCUT2D eigenvalue weighted by Crippen LogP contribution is -2.38. The van der Waals surface area contributed by atoms with Gasteiger partial charge in [0.1, 0.15) is 0 Å². The van der Waals surface area contributed by atoms with Crippen LogP contribution in [-0.4, -0.2) is 59.8 Å². The predicted octanol–water partition coefficient (Wildman–Crippen LogP) is 1.32. The highest BCUT2D eigenvalue weighted by Crippen LogP contribution is 2.16. The molecule has 2 fully saturated rings. The fourth-order valence-corrected chi connectivity index (χ4v) is 3.76. The molecular formula is C13H26N2OS. The molecule has 2 heterocycles. The molecule has 0 aromatic heterocycles. The fourth-order valence-electron chi connectivity index (χ4n) is 2.65. The van der Waals surface area contributed by atoms with Crippen molar-refractivity contribution in [2.45, 2.75) is 44.2 Å². The zero-order valence-corrected chi connectivity index (χ0v) is 11.6. The Morgan fingerprint density at radius 2 is 1.82 bits per heavy atom. The van der Waals surface area contributed by atoms with Gasteiger partial charge >= 0.3 is 0 Å². The highest BCUT2D eigenvalue weighted by atomic mass is 32.2. The van der Waals surface area contributed by atoms with E-state index in [9.17, 15) is 5.11 Å². The first-order chi connectivity index (χ1) is 8.34. The Kier molecular flexibility index (Phi) is 6.12. The van der Waals surface area contributed by atoms with Crippen LogP contribution in [0.25, 0.3) is 0 Å². The van der Waals surface area contributed by atoms with Gasteiger partial charge in [0, 0.05) is 19.1 Å². The van der Waals surface area contributed by atoms with Crippen molar-refractivity contribution in [2.75, 3.05) is 37.7 Å². The largest absolute Gasteiger partial charge is 0.393 e. The number of nitrogens with zero attached hydrogens (tertiary/aromatic N) is 1. The van der Waals surface area contributed by atoms with E-state index >= 15 is 0 Å². The van der Waals surface area contributed by atoms with E-state index in [4.69, 9.17) is 0 Å². The molecule has 0 aliphatic carbocycles. The summed E-state index contributed by atoms with van der Waals surface area (Å²) in [7, 11) is 0. The highest BCUT2D eigenvalue weighted by molar-refractivity contribution is 7.99. The monoisotopic (exact) mass is 258 g/mol. The van der Waals surface area contributed by atoms with Crippen molar-refractivity contribution in [3.8, 4) is 0 Å². The van der Waals surface area contributed by atoms with Gasteiger partial charge in [0.2, 0.25) is 0 Å². The van der Waals surface area contributed by atoms with Crippen LogP contribution in [0.4, 0.5) is 0 Å². The maximum absolute atomic E-state index is 9.43. The van der Waals surface area contributed by atoms with Gasteiger partial charge in [0.05, 0.1) is 6.10 Å². The van der Waals surface area contributed by atoms with Gasteiger partial charge in [-0.3, -0.25) is 0 Å². The van der Waals surface area contributed by atoms with Crippen molar-refractivity contribution in [3.63, 3.8) is 0 Å². The summed E-state index contributed by atoms with van der Waals surface area (Å²) in [5.74, 6) is 2.67. The van der Waals surface area contributed by atoms with E-state index in [2.05, 4.69) is 22.0 Å². The van der Waals surface area contributed by atoms with Crippen molar-refractivity contribution in [3.05, 3.63) is 0 Å². The molecule has 0 bridgehead atoms. The van der Waals surface area contributed by atoms with E-state index in [1.807, 2.05) is 0 Å². The average Bonchev–Trinajstić information content (AvgIpc) is 2.38. The van der Waals surface area contributed by atoms with E-state index in [0.717, 1.165) is 38.5 Å². The van der Waals surface area contributed by atoms with Gasteiger partial charge < -0.3 is 15.3 Å². The number of rotatable bonds is 5. The van der Waals surface area contributed by atoms with Crippen molar-refractivity contribution in [1.82, 2.24) is 10.2 Å². The lowest BCUT2D eigenvalue weighted by molar-refractivity contribution is 0.0820. The third-order valence-corrected chi connectivity index (χ3v) is 4.91. The fraction of sp³-hybridized carbons (Fsp3) is 1.00. The van der Waals surface area contributed by atoms with Gasteiger partial charge in [-0.05, 0) is 56.7 Å². The summed E-state index contributed by atoms with van der Waals surface area (Å²) in [6.07, 6.45) is 5.84. The molecule has 4 heteroatoms. The van der Waals surface area contributed by atoms with Crippen LogP contribution in [0.2, 0.25) is 0 Å². The van der Waals surface area contributed by atoms with Gasteiger partial charge in [-0.1, -0.05) is 0 Å². The van der Waals surface area contributed by atoms with E-state index in [0.29, 0.717) is 0 Å². The van der Waals surface area contributed by atoms with E-state index in [1.165, 1.54) is 37.3 Å². The zero-order valence-electron chi connectivity index (χ0n) is 10.7. The second-order valence-electron chi connectivity index (χ2n) is 5.27. The summed E-state index contributed by atoms with van der Waals surface area (Å²) in [6, 6.07) is 0.777. The number of aliphatic hydroxyl groups excluding tert-OH is 1. The lowest BCUT2D eigenvalue weighted by atomic mass is 10.1. The maximum Gasteiger partial charge on any atom is 0.0564 e. The number of hydrogen-bond donors (Lipinski definition) is 2. The van der Waals surface area contributed by atoms with Crippen LogP contribution in [0.5, 0.6) is 0 Å². The highest BCUT2D eigenvalue weighted by Gasteiger charge is 2.16. The summed E-state index contributed by atoms with van der Waals surface area (Å²) in [5.41, 5.74) is 0. The number of aliphatic hydroxyl groups is 1. The summed E-state index contributed by atoms with van der Waals surface area (Å²) in [4.78, 5) is 2.49. The minimum Gasteiger partial charge on any atom is -0.393 e. The lowest BCUT2D eigenvalue weighted by Gasteiger charge is -2.29. The first-order valence-corrected chi connectivity index (χ1v) is 8.21. The third-order valence-electron chi connectivity index (χ3n) is 3.86. The number of hydrogen-bond acceptors (Lipinski definition) is 4. The van der Waals surface area contributed by atoms with E-state index in [1.54, 1.807) is 0 Å². The van der Waals surface area contributed by atoms with Gasteiger partial charge in [-0.25, -0.2) is 0 Å². The molecule has 0 atom stereocenters. The molecule has 2 aliphatic heterocycles. The first kappa shape index (κ1) is 13.7. The molecular weight excluding hydrogens is 232 g/mol. The summed E-state index contributed by atoms with van der Waals surface area (Å²) < 4.78 is 0. The molecule has 0 aromatic carbocycles. The minimum atomic E-state index is -0.0379. The SMILES string of the molecule is OC1CCN(CCCNC2CCSCC2)CC1. The molecule has 2 saturated heterocycles. The number of piperidine rings is 1. The number of thioether (sulfide) groups is 1. The Labute approximate surface area is 109 Å². The molecule has 0 saturated carbocycles. The summed E-state index contributed by atoms with van der Waals surface area (Å²) in [6.45, 7) is 4.53. The maximum atomic E-state index is 9.43. The smallest absolute Gasteiger partial charge is 0.0564 e. The summed E-state index contributed by atoms with van der Waals surface area (Å²) >= 11 is 2.09. The molecule has 0 unspecified atom stereocenters. The number of likely N-dealkylation sites (tertiary alicyclic amines) is 1. The summed E-state index contributed by atoms with van der Waals surface area (Å²) in [5, 5.41) is 13.1. The molecule has 0 amide bonds. The Balaban J connectivity index is 1.48. The molecule has 0 spiro atoms. The molecule has 100 valence electrons. The first-order valence-electron chi connectivity index (χ1n) is 7.06. The Morgan fingerprint density at radius 3 is 2.53 bits per heavy atom. The van der Waals surface area contributed by atoms with Gasteiger partial charge in [0.15, 0.2) is 0 Å². The molecule has 2 rings (SSSR count). The molecule has 3 nitrogen and oxygen atoms in total. The normalized spacial score (nSPS) is 25.2. The standard InChI is InChI=1S/C13H26N2OS/c16-13-2-8-15(9-3-13)7-1-6-14-12-4-10-17-11-5-12/h12-14,16H,1-11H2. The van der Waals surface area contributed by atoms with Gasteiger partial charge in [0.25, 0.3) is 0 Å². The van der Waals surface area contributed by atoms with Crippen molar-refractivity contribution >= 4 is 11.8 Å². The van der Waals surface area contributed by atoms with Crippen molar-refractivity contribution < 1.29 is 5.11 Å². The van der Waals surface area contributed by atoms with Crippen LogP contribution in [0.15, 0.2) is 0 Å². The van der Waals surface area contributed by atoms with Crippen LogP contribution in [0.3, 0.4) is 0 Å². The van der Waals surface area contributed by atoms with Crippen LogP contribution >= 0.6 is 11.8 Å². The Hall–Kier alpha value is 0.230. The van der Waals surface area contributed by atoms with Crippen molar-refractivity contribution in [2.24, 2.45) is 0 Å². The molecule has 2 aliphatic rings. The van der Waals surface area contributed by atoms with Gasteiger partial charge in [-0.15, -0.1) is 0 Å². The van der Waals surface area contributed by atoms with Crippen LogP contribution in [-0.2, 0) is 0 Å². The molecule has 17 heavy (non-hydrogen) atoms. The van der Waals surface area contributed by atoms with E-state index in [-0.39, 0.29) is 6.10 Å². The number of nitrogens with one attached hydrogen (secondary N) is 1. The quantitative estimate of drug-likeness (QED) is 0.729. The van der Waals surface area contributed by atoms with Crippen LogP contribution in [0, 0.1) is 0 Å². The Morgan fingerprint density at radius 1 is 1.12 bits per heavy atom. The van der Waals surface area contributed by atoms with Crippen LogP contribution < -0.4 is 5.32 Å². The molecule has 2 N–H and O–H groups in total. The van der Waals surface area contributed by atoms with Gasteiger partial charge in [-0.2, -0.15) is 11.8 Å². The molecule has 0 radical (unpaired) electrons. The minimum absolute atomic E-state index is 0.0379. The third kappa shape index (κ3) is 5.16. The predicted molar refractivity (Wildman–Crippen MR) is 74.6 cm³/mol. The zero-order chi connectivity index (χ0) is 11.9.